The van der Waals surface area contributed by atoms with Crippen LogP contribution in [0.5, 0.6) is 0 Å². The van der Waals surface area contributed by atoms with Crippen LogP contribution >= 0.6 is 11.6 Å². The number of hydrogen-bond donors (Lipinski definition) is 0. The van der Waals surface area contributed by atoms with Crippen molar-refractivity contribution in [2.45, 2.75) is 32.9 Å². The van der Waals surface area contributed by atoms with Gasteiger partial charge in [0, 0.05) is 31.9 Å². The lowest BCUT2D eigenvalue weighted by molar-refractivity contribution is 0.209. The number of pyridine rings is 1. The Labute approximate surface area is 115 Å². The average molecular weight is 268 g/mol. The Morgan fingerprint density at radius 1 is 1.39 bits per heavy atom. The summed E-state index contributed by atoms with van der Waals surface area (Å²) in [6.07, 6.45) is 3.16. The van der Waals surface area contributed by atoms with Gasteiger partial charge < -0.3 is 0 Å². The van der Waals surface area contributed by atoms with Crippen molar-refractivity contribution in [3.8, 4) is 0 Å². The lowest BCUT2D eigenvalue weighted by Gasteiger charge is -2.26. The molecule has 0 radical (unpaired) electrons. The van der Waals surface area contributed by atoms with E-state index >= 15 is 0 Å². The molecule has 0 N–H and O–H groups in total. The highest BCUT2D eigenvalue weighted by molar-refractivity contribution is 6.29. The monoisotopic (exact) mass is 267 g/mol. The van der Waals surface area contributed by atoms with Crippen LogP contribution in [0.15, 0.2) is 18.3 Å². The first-order chi connectivity index (χ1) is 8.72. The molecule has 2 heterocycles. The summed E-state index contributed by atoms with van der Waals surface area (Å²) in [5.41, 5.74) is 1.25. The molecule has 1 unspecified atom stereocenters. The Hall–Kier alpha value is -0.640. The molecule has 1 atom stereocenters. The van der Waals surface area contributed by atoms with E-state index in [1.807, 2.05) is 12.3 Å². The summed E-state index contributed by atoms with van der Waals surface area (Å²) < 4.78 is 0. The predicted molar refractivity (Wildman–Crippen MR) is 75.9 cm³/mol. The number of likely N-dealkylation sites (tertiary alicyclic amines) is 1. The van der Waals surface area contributed by atoms with E-state index in [2.05, 4.69) is 34.7 Å². The zero-order valence-corrected chi connectivity index (χ0v) is 12.0. The standard InChI is InChI=1S/C14H22ClN3/c1-3-18(4-2)13-7-8-17(11-13)10-12-5-6-14(15)16-9-12/h5-6,9,13H,3-4,7-8,10-11H2,1-2H3. The maximum atomic E-state index is 5.80. The minimum atomic E-state index is 0.571. The number of halogens is 1. The summed E-state index contributed by atoms with van der Waals surface area (Å²) in [5, 5.41) is 0.571. The molecule has 2 rings (SSSR count). The molecule has 0 spiro atoms. The Kier molecular flexibility index (Phi) is 4.98. The largest absolute Gasteiger partial charge is 0.300 e. The molecule has 0 aliphatic carbocycles. The number of hydrogen-bond acceptors (Lipinski definition) is 3. The summed E-state index contributed by atoms with van der Waals surface area (Å²) in [7, 11) is 0. The van der Waals surface area contributed by atoms with Gasteiger partial charge in [-0.25, -0.2) is 4.98 Å². The van der Waals surface area contributed by atoms with Gasteiger partial charge in [0.25, 0.3) is 0 Å². The van der Waals surface area contributed by atoms with Gasteiger partial charge in [0.1, 0.15) is 5.15 Å². The van der Waals surface area contributed by atoms with E-state index in [0.29, 0.717) is 5.15 Å². The van der Waals surface area contributed by atoms with Crippen molar-refractivity contribution in [2.75, 3.05) is 26.2 Å². The van der Waals surface area contributed by atoms with Crippen LogP contribution in [-0.2, 0) is 6.54 Å². The van der Waals surface area contributed by atoms with Gasteiger partial charge in [0.05, 0.1) is 0 Å². The molecular weight excluding hydrogens is 246 g/mol. The van der Waals surface area contributed by atoms with Crippen LogP contribution in [0.3, 0.4) is 0 Å². The second-order valence-electron chi connectivity index (χ2n) is 4.89. The van der Waals surface area contributed by atoms with Crippen LogP contribution in [0.1, 0.15) is 25.8 Å². The number of rotatable bonds is 5. The SMILES string of the molecule is CCN(CC)C1CCN(Cc2ccc(Cl)nc2)C1. The molecule has 1 aromatic rings. The molecule has 3 nitrogen and oxygen atoms in total. The Morgan fingerprint density at radius 3 is 2.78 bits per heavy atom. The highest BCUT2D eigenvalue weighted by atomic mass is 35.5. The molecule has 1 aliphatic heterocycles. The summed E-state index contributed by atoms with van der Waals surface area (Å²) in [6, 6.07) is 4.66. The molecule has 0 aromatic carbocycles. The lowest BCUT2D eigenvalue weighted by atomic mass is 10.2. The lowest BCUT2D eigenvalue weighted by Crippen LogP contribution is -2.37. The predicted octanol–water partition coefficient (Wildman–Crippen LogP) is 2.65. The quantitative estimate of drug-likeness (QED) is 0.765. The fourth-order valence-electron chi connectivity index (χ4n) is 2.75. The number of aromatic nitrogens is 1. The normalized spacial score (nSPS) is 20.8. The third-order valence-electron chi connectivity index (χ3n) is 3.77. The Bertz CT molecular complexity index is 362. The van der Waals surface area contributed by atoms with Crippen molar-refractivity contribution in [3.63, 3.8) is 0 Å². The van der Waals surface area contributed by atoms with Crippen LogP contribution in [0.25, 0.3) is 0 Å². The first-order valence-corrected chi connectivity index (χ1v) is 7.17. The highest BCUT2D eigenvalue weighted by Gasteiger charge is 2.25. The fourth-order valence-corrected chi connectivity index (χ4v) is 2.86. The van der Waals surface area contributed by atoms with Gasteiger partial charge in [-0.2, -0.15) is 0 Å². The van der Waals surface area contributed by atoms with Crippen molar-refractivity contribution in [3.05, 3.63) is 29.0 Å². The number of likely N-dealkylation sites (N-methyl/N-ethyl adjacent to an activating group) is 1. The van der Waals surface area contributed by atoms with Gasteiger partial charge in [-0.3, -0.25) is 9.80 Å². The van der Waals surface area contributed by atoms with E-state index < -0.39 is 0 Å². The van der Waals surface area contributed by atoms with E-state index in [4.69, 9.17) is 11.6 Å². The smallest absolute Gasteiger partial charge is 0.129 e. The van der Waals surface area contributed by atoms with Crippen LogP contribution < -0.4 is 0 Å². The van der Waals surface area contributed by atoms with E-state index in [1.165, 1.54) is 25.1 Å². The van der Waals surface area contributed by atoms with Crippen LogP contribution in [-0.4, -0.2) is 47.0 Å². The van der Waals surface area contributed by atoms with Gasteiger partial charge in [-0.15, -0.1) is 0 Å². The summed E-state index contributed by atoms with van der Waals surface area (Å²) in [5.74, 6) is 0. The van der Waals surface area contributed by atoms with Crippen molar-refractivity contribution < 1.29 is 0 Å². The van der Waals surface area contributed by atoms with Gasteiger partial charge in [0.2, 0.25) is 0 Å². The van der Waals surface area contributed by atoms with Gasteiger partial charge in [-0.1, -0.05) is 31.5 Å². The Balaban J connectivity index is 1.87. The fraction of sp³-hybridized carbons (Fsp3) is 0.643. The van der Waals surface area contributed by atoms with E-state index in [9.17, 15) is 0 Å². The van der Waals surface area contributed by atoms with Crippen LogP contribution in [0.2, 0.25) is 5.15 Å². The molecule has 4 heteroatoms. The molecule has 1 fully saturated rings. The molecule has 1 aromatic heterocycles. The van der Waals surface area contributed by atoms with E-state index in [-0.39, 0.29) is 0 Å². The molecule has 0 bridgehead atoms. The maximum absolute atomic E-state index is 5.80. The molecule has 1 saturated heterocycles. The van der Waals surface area contributed by atoms with E-state index in [0.717, 1.165) is 25.7 Å². The van der Waals surface area contributed by atoms with Crippen molar-refractivity contribution in [2.24, 2.45) is 0 Å². The van der Waals surface area contributed by atoms with Crippen molar-refractivity contribution >= 4 is 11.6 Å². The zero-order chi connectivity index (χ0) is 13.0. The van der Waals surface area contributed by atoms with Crippen LogP contribution in [0, 0.1) is 0 Å². The molecule has 0 amide bonds. The third kappa shape index (κ3) is 3.44. The van der Waals surface area contributed by atoms with Gasteiger partial charge in [0.15, 0.2) is 0 Å². The summed E-state index contributed by atoms with van der Waals surface area (Å²) in [4.78, 5) is 9.20. The minimum absolute atomic E-state index is 0.571. The first kappa shape index (κ1) is 13.8. The van der Waals surface area contributed by atoms with Crippen LogP contribution in [0.4, 0.5) is 0 Å². The minimum Gasteiger partial charge on any atom is -0.300 e. The zero-order valence-electron chi connectivity index (χ0n) is 11.3. The first-order valence-electron chi connectivity index (χ1n) is 6.79. The summed E-state index contributed by atoms with van der Waals surface area (Å²) in [6.45, 7) is 10.1. The summed E-state index contributed by atoms with van der Waals surface area (Å²) >= 11 is 5.80. The topological polar surface area (TPSA) is 19.4 Å². The molecule has 18 heavy (non-hydrogen) atoms. The molecule has 1 aliphatic rings. The van der Waals surface area contributed by atoms with Gasteiger partial charge >= 0.3 is 0 Å². The molecular formula is C14H22ClN3. The van der Waals surface area contributed by atoms with E-state index in [1.54, 1.807) is 0 Å². The second-order valence-corrected chi connectivity index (χ2v) is 5.28. The maximum Gasteiger partial charge on any atom is 0.129 e. The Morgan fingerprint density at radius 2 is 2.17 bits per heavy atom. The highest BCUT2D eigenvalue weighted by Crippen LogP contribution is 2.18. The third-order valence-corrected chi connectivity index (χ3v) is 3.99. The second kappa shape index (κ2) is 6.50. The molecule has 0 saturated carbocycles. The van der Waals surface area contributed by atoms with Crippen molar-refractivity contribution in [1.82, 2.24) is 14.8 Å². The molecule has 100 valence electrons. The average Bonchev–Trinajstić information content (AvgIpc) is 2.82. The van der Waals surface area contributed by atoms with Gasteiger partial charge in [-0.05, 0) is 31.1 Å². The van der Waals surface area contributed by atoms with Crippen molar-refractivity contribution in [1.29, 1.82) is 0 Å². The number of nitrogens with zero attached hydrogens (tertiary/aromatic N) is 3.